The summed E-state index contributed by atoms with van der Waals surface area (Å²) < 4.78 is 0. The second-order valence-electron chi connectivity index (χ2n) is 2.69. The molecule has 0 saturated carbocycles. The molecular weight excluding hydrogens is 178 g/mol. The molecule has 0 aliphatic carbocycles. The number of phenols is 1. The first-order valence-corrected chi connectivity index (χ1v) is 4.20. The largest absolute Gasteiger partial charge is 0.507 e. The average molecular weight is 189 g/mol. The van der Waals surface area contributed by atoms with Crippen LogP contribution in [0.25, 0.3) is 0 Å². The lowest BCUT2D eigenvalue weighted by Gasteiger charge is -1.98. The molecule has 1 aromatic carbocycles. The Bertz CT molecular complexity index is 388. The molecule has 0 heterocycles. The first-order chi connectivity index (χ1) is 6.79. The SMILES string of the molecule is CNCC#Cc1cccc(O)c1C=O. The van der Waals surface area contributed by atoms with E-state index in [1.165, 1.54) is 6.07 Å². The fourth-order valence-corrected chi connectivity index (χ4v) is 1.01. The first kappa shape index (κ1) is 10.3. The molecule has 3 nitrogen and oxygen atoms in total. The van der Waals surface area contributed by atoms with Crippen molar-refractivity contribution in [2.75, 3.05) is 13.6 Å². The molecule has 0 aromatic heterocycles. The number of phenolic OH excluding ortho intramolecular Hbond substituents is 1. The fourth-order valence-electron chi connectivity index (χ4n) is 1.01. The van der Waals surface area contributed by atoms with Crippen LogP contribution in [0.3, 0.4) is 0 Å². The Labute approximate surface area is 82.8 Å². The van der Waals surface area contributed by atoms with E-state index in [0.717, 1.165) is 0 Å². The van der Waals surface area contributed by atoms with Gasteiger partial charge in [0.25, 0.3) is 0 Å². The molecule has 0 unspecified atom stereocenters. The van der Waals surface area contributed by atoms with Crippen molar-refractivity contribution in [3.63, 3.8) is 0 Å². The topological polar surface area (TPSA) is 49.3 Å². The van der Waals surface area contributed by atoms with E-state index in [0.29, 0.717) is 18.4 Å². The summed E-state index contributed by atoms with van der Waals surface area (Å²) in [6.45, 7) is 0.550. The van der Waals surface area contributed by atoms with Crippen molar-refractivity contribution < 1.29 is 9.90 Å². The van der Waals surface area contributed by atoms with E-state index in [4.69, 9.17) is 0 Å². The van der Waals surface area contributed by atoms with Crippen molar-refractivity contribution in [3.8, 4) is 17.6 Å². The van der Waals surface area contributed by atoms with Crippen LogP contribution in [0.2, 0.25) is 0 Å². The normalized spacial score (nSPS) is 8.93. The maximum Gasteiger partial charge on any atom is 0.155 e. The van der Waals surface area contributed by atoms with Gasteiger partial charge in [0.15, 0.2) is 6.29 Å². The quantitative estimate of drug-likeness (QED) is 0.534. The average Bonchev–Trinajstić information content (AvgIpc) is 2.18. The molecular formula is C11H11NO2. The van der Waals surface area contributed by atoms with Gasteiger partial charge in [-0.3, -0.25) is 4.79 Å². The van der Waals surface area contributed by atoms with Gasteiger partial charge in [0.2, 0.25) is 0 Å². The molecule has 0 spiro atoms. The van der Waals surface area contributed by atoms with Gasteiger partial charge in [0.05, 0.1) is 12.1 Å². The molecule has 0 saturated heterocycles. The summed E-state index contributed by atoms with van der Waals surface area (Å²) in [7, 11) is 1.79. The van der Waals surface area contributed by atoms with E-state index in [1.54, 1.807) is 19.2 Å². The van der Waals surface area contributed by atoms with Gasteiger partial charge in [-0.15, -0.1) is 0 Å². The van der Waals surface area contributed by atoms with Crippen molar-refractivity contribution in [1.82, 2.24) is 5.32 Å². The van der Waals surface area contributed by atoms with Crippen molar-refractivity contribution in [2.45, 2.75) is 0 Å². The number of hydrogen-bond acceptors (Lipinski definition) is 3. The molecule has 0 atom stereocenters. The summed E-state index contributed by atoms with van der Waals surface area (Å²) in [6, 6.07) is 4.82. The van der Waals surface area contributed by atoms with Gasteiger partial charge in [-0.25, -0.2) is 0 Å². The molecule has 0 radical (unpaired) electrons. The van der Waals surface area contributed by atoms with Crippen LogP contribution in [-0.4, -0.2) is 25.0 Å². The highest BCUT2D eigenvalue weighted by atomic mass is 16.3. The Kier molecular flexibility index (Phi) is 3.71. The van der Waals surface area contributed by atoms with Crippen LogP contribution in [-0.2, 0) is 0 Å². The van der Waals surface area contributed by atoms with Gasteiger partial charge >= 0.3 is 0 Å². The van der Waals surface area contributed by atoms with Crippen LogP contribution in [0, 0.1) is 11.8 Å². The Balaban J connectivity index is 3.04. The van der Waals surface area contributed by atoms with E-state index in [-0.39, 0.29) is 11.3 Å². The highest BCUT2D eigenvalue weighted by molar-refractivity contribution is 5.83. The molecule has 14 heavy (non-hydrogen) atoms. The Morgan fingerprint density at radius 2 is 2.36 bits per heavy atom. The van der Waals surface area contributed by atoms with Crippen LogP contribution in [0.15, 0.2) is 18.2 Å². The summed E-state index contributed by atoms with van der Waals surface area (Å²) >= 11 is 0. The van der Waals surface area contributed by atoms with Crippen molar-refractivity contribution >= 4 is 6.29 Å². The molecule has 0 fully saturated rings. The maximum absolute atomic E-state index is 10.6. The van der Waals surface area contributed by atoms with Crippen LogP contribution >= 0.6 is 0 Å². The van der Waals surface area contributed by atoms with E-state index in [9.17, 15) is 9.90 Å². The van der Waals surface area contributed by atoms with Crippen molar-refractivity contribution in [1.29, 1.82) is 0 Å². The minimum absolute atomic E-state index is 0.0312. The predicted octanol–water partition coefficient (Wildman–Crippen LogP) is 0.776. The second kappa shape index (κ2) is 5.05. The summed E-state index contributed by atoms with van der Waals surface area (Å²) in [5.74, 6) is 5.59. The third kappa shape index (κ3) is 2.35. The lowest BCUT2D eigenvalue weighted by atomic mass is 10.1. The molecule has 0 bridgehead atoms. The number of nitrogens with one attached hydrogen (secondary N) is 1. The van der Waals surface area contributed by atoms with Gasteiger partial charge in [0.1, 0.15) is 5.75 Å². The van der Waals surface area contributed by atoms with Gasteiger partial charge in [-0.1, -0.05) is 17.9 Å². The van der Waals surface area contributed by atoms with E-state index < -0.39 is 0 Å². The minimum Gasteiger partial charge on any atom is -0.507 e. The van der Waals surface area contributed by atoms with Crippen molar-refractivity contribution in [2.24, 2.45) is 0 Å². The third-order valence-corrected chi connectivity index (χ3v) is 1.69. The zero-order valence-corrected chi connectivity index (χ0v) is 7.87. The summed E-state index contributed by atoms with van der Waals surface area (Å²) in [4.78, 5) is 10.6. The fraction of sp³-hybridized carbons (Fsp3) is 0.182. The van der Waals surface area contributed by atoms with Crippen LogP contribution in [0.5, 0.6) is 5.75 Å². The molecule has 0 aliphatic rings. The smallest absolute Gasteiger partial charge is 0.155 e. The number of hydrogen-bond donors (Lipinski definition) is 2. The van der Waals surface area contributed by atoms with E-state index in [2.05, 4.69) is 17.2 Å². The third-order valence-electron chi connectivity index (χ3n) is 1.69. The minimum atomic E-state index is -0.0312. The molecule has 0 amide bonds. The second-order valence-corrected chi connectivity index (χ2v) is 2.69. The molecule has 1 aromatic rings. The number of carbonyl (C=O) groups excluding carboxylic acids is 1. The predicted molar refractivity (Wildman–Crippen MR) is 54.3 cm³/mol. The van der Waals surface area contributed by atoms with Crippen LogP contribution < -0.4 is 5.32 Å². The monoisotopic (exact) mass is 189 g/mol. The molecule has 72 valence electrons. The molecule has 2 N–H and O–H groups in total. The van der Waals surface area contributed by atoms with Crippen molar-refractivity contribution in [3.05, 3.63) is 29.3 Å². The number of carbonyl (C=O) groups is 1. The van der Waals surface area contributed by atoms with E-state index >= 15 is 0 Å². The lowest BCUT2D eigenvalue weighted by Crippen LogP contribution is -2.04. The first-order valence-electron chi connectivity index (χ1n) is 4.20. The number of benzene rings is 1. The molecule has 0 aliphatic heterocycles. The Morgan fingerprint density at radius 3 is 3.00 bits per heavy atom. The van der Waals surface area contributed by atoms with E-state index in [1.807, 2.05) is 0 Å². The number of rotatable bonds is 2. The lowest BCUT2D eigenvalue weighted by molar-refractivity contribution is 0.112. The van der Waals surface area contributed by atoms with Gasteiger partial charge in [-0.2, -0.15) is 0 Å². The highest BCUT2D eigenvalue weighted by Crippen LogP contribution is 2.17. The summed E-state index contributed by atoms with van der Waals surface area (Å²) in [5, 5.41) is 12.2. The summed E-state index contributed by atoms with van der Waals surface area (Å²) in [5.41, 5.74) is 0.798. The maximum atomic E-state index is 10.6. The van der Waals surface area contributed by atoms with Gasteiger partial charge < -0.3 is 10.4 Å². The van der Waals surface area contributed by atoms with Crippen LogP contribution in [0.1, 0.15) is 15.9 Å². The number of aromatic hydroxyl groups is 1. The molecule has 3 heteroatoms. The number of aldehydes is 1. The summed E-state index contributed by atoms with van der Waals surface area (Å²) in [6.07, 6.45) is 0.610. The molecule has 1 rings (SSSR count). The Morgan fingerprint density at radius 1 is 1.57 bits per heavy atom. The zero-order valence-electron chi connectivity index (χ0n) is 7.87. The Hall–Kier alpha value is -1.79. The van der Waals surface area contributed by atoms with Gasteiger partial charge in [-0.05, 0) is 19.2 Å². The zero-order chi connectivity index (χ0) is 10.4. The van der Waals surface area contributed by atoms with Gasteiger partial charge in [0, 0.05) is 5.56 Å². The highest BCUT2D eigenvalue weighted by Gasteiger charge is 2.03. The standard InChI is InChI=1S/C11H11NO2/c1-12-7-3-5-9-4-2-6-11(14)10(9)8-13/h2,4,6,8,12,14H,7H2,1H3. The van der Waals surface area contributed by atoms with Crippen LogP contribution in [0.4, 0.5) is 0 Å².